The van der Waals surface area contributed by atoms with Crippen LogP contribution in [0, 0.1) is 0 Å². The SMILES string of the molecule is CC/C(=N\NC(=S)NCCOC)c1ccc(OC)c(OC)c1. The molecule has 6 nitrogen and oxygen atoms in total. The van der Waals surface area contributed by atoms with E-state index in [1.54, 1.807) is 21.3 Å². The van der Waals surface area contributed by atoms with Crippen molar-refractivity contribution in [2.24, 2.45) is 5.10 Å². The molecule has 2 N–H and O–H groups in total. The third-order valence-electron chi connectivity index (χ3n) is 2.94. The lowest BCUT2D eigenvalue weighted by molar-refractivity contribution is 0.204. The van der Waals surface area contributed by atoms with Crippen LogP contribution in [0.1, 0.15) is 18.9 Å². The minimum atomic E-state index is 0.462. The van der Waals surface area contributed by atoms with E-state index in [0.29, 0.717) is 29.8 Å². The predicted octanol–water partition coefficient (Wildman–Crippen LogP) is 1.93. The molecule has 0 unspecified atom stereocenters. The number of hydrogen-bond acceptors (Lipinski definition) is 5. The van der Waals surface area contributed by atoms with Crippen molar-refractivity contribution in [2.75, 3.05) is 34.5 Å². The standard InChI is InChI=1S/C15H23N3O3S/c1-5-12(17-18-15(22)16-8-9-19-2)11-6-7-13(20-3)14(10-11)21-4/h6-7,10H,5,8-9H2,1-4H3,(H2,16,18,22)/b17-12+. The molecule has 0 saturated heterocycles. The summed E-state index contributed by atoms with van der Waals surface area (Å²) in [4.78, 5) is 0. The molecule has 0 bridgehead atoms. The van der Waals surface area contributed by atoms with Crippen molar-refractivity contribution >= 4 is 23.0 Å². The Morgan fingerprint density at radius 1 is 1.18 bits per heavy atom. The summed E-state index contributed by atoms with van der Waals surface area (Å²) in [5, 5.41) is 7.81. The first kappa shape index (κ1) is 18.2. The van der Waals surface area contributed by atoms with E-state index < -0.39 is 0 Å². The van der Waals surface area contributed by atoms with Crippen molar-refractivity contribution in [3.63, 3.8) is 0 Å². The van der Waals surface area contributed by atoms with E-state index in [0.717, 1.165) is 17.7 Å². The lowest BCUT2D eigenvalue weighted by Crippen LogP contribution is -2.34. The number of ether oxygens (including phenoxy) is 3. The number of methoxy groups -OCH3 is 3. The van der Waals surface area contributed by atoms with E-state index in [2.05, 4.69) is 15.8 Å². The summed E-state index contributed by atoms with van der Waals surface area (Å²) < 4.78 is 15.5. The van der Waals surface area contributed by atoms with Crippen molar-refractivity contribution in [1.82, 2.24) is 10.7 Å². The highest BCUT2D eigenvalue weighted by atomic mass is 32.1. The zero-order valence-corrected chi connectivity index (χ0v) is 14.3. The Kier molecular flexibility index (Phi) is 8.24. The van der Waals surface area contributed by atoms with Gasteiger partial charge in [0.15, 0.2) is 16.6 Å². The van der Waals surface area contributed by atoms with E-state index in [9.17, 15) is 0 Å². The molecule has 0 heterocycles. The van der Waals surface area contributed by atoms with E-state index >= 15 is 0 Å². The topological polar surface area (TPSA) is 64.1 Å². The number of hydrazone groups is 1. The predicted molar refractivity (Wildman–Crippen MR) is 92.0 cm³/mol. The Morgan fingerprint density at radius 2 is 1.91 bits per heavy atom. The van der Waals surface area contributed by atoms with Gasteiger partial charge >= 0.3 is 0 Å². The molecule has 0 aliphatic heterocycles. The Hall–Kier alpha value is -1.86. The molecule has 0 amide bonds. The first-order chi connectivity index (χ1) is 10.7. The summed E-state index contributed by atoms with van der Waals surface area (Å²) in [6.45, 7) is 3.25. The molecule has 0 atom stereocenters. The third kappa shape index (κ3) is 5.50. The van der Waals surface area contributed by atoms with Gasteiger partial charge in [0.05, 0.1) is 26.5 Å². The molecule has 122 valence electrons. The second-order valence-electron chi connectivity index (χ2n) is 4.34. The van der Waals surface area contributed by atoms with Gasteiger partial charge < -0.3 is 19.5 Å². The maximum absolute atomic E-state index is 5.31. The van der Waals surface area contributed by atoms with Crippen molar-refractivity contribution in [3.05, 3.63) is 23.8 Å². The number of hydrogen-bond donors (Lipinski definition) is 2. The molecule has 1 aromatic rings. The normalized spacial score (nSPS) is 11.0. The molecule has 0 aromatic heterocycles. The van der Waals surface area contributed by atoms with Gasteiger partial charge in [0.1, 0.15) is 0 Å². The molecule has 22 heavy (non-hydrogen) atoms. The van der Waals surface area contributed by atoms with E-state index in [-0.39, 0.29) is 0 Å². The number of thiocarbonyl (C=S) groups is 1. The minimum absolute atomic E-state index is 0.462. The second kappa shape index (κ2) is 9.97. The average molecular weight is 325 g/mol. The molecule has 1 aromatic carbocycles. The minimum Gasteiger partial charge on any atom is -0.493 e. The number of rotatable bonds is 8. The number of benzene rings is 1. The third-order valence-corrected chi connectivity index (χ3v) is 3.17. The van der Waals surface area contributed by atoms with Crippen LogP contribution >= 0.6 is 12.2 Å². The van der Waals surface area contributed by atoms with Gasteiger partial charge in [0.2, 0.25) is 0 Å². The summed E-state index contributed by atoms with van der Waals surface area (Å²) in [7, 11) is 4.86. The van der Waals surface area contributed by atoms with Gasteiger partial charge in [-0.1, -0.05) is 6.92 Å². The Labute approximate surface area is 136 Å². The summed E-state index contributed by atoms with van der Waals surface area (Å²) in [5.74, 6) is 1.35. The van der Waals surface area contributed by atoms with E-state index in [1.165, 1.54) is 0 Å². The Balaban J connectivity index is 2.78. The highest BCUT2D eigenvalue weighted by Crippen LogP contribution is 2.28. The van der Waals surface area contributed by atoms with Crippen molar-refractivity contribution in [1.29, 1.82) is 0 Å². The summed E-state index contributed by atoms with van der Waals surface area (Å²) >= 11 is 5.14. The van der Waals surface area contributed by atoms with Crippen molar-refractivity contribution < 1.29 is 14.2 Å². The molecule has 0 fully saturated rings. The van der Waals surface area contributed by atoms with Gasteiger partial charge in [-0.25, -0.2) is 0 Å². The molecule has 0 aliphatic carbocycles. The quantitative estimate of drug-likeness (QED) is 0.330. The van der Waals surface area contributed by atoms with Gasteiger partial charge in [0, 0.05) is 19.2 Å². The van der Waals surface area contributed by atoms with Crippen LogP contribution in [0.4, 0.5) is 0 Å². The number of nitrogens with zero attached hydrogens (tertiary/aromatic N) is 1. The molecule has 0 saturated carbocycles. The van der Waals surface area contributed by atoms with Gasteiger partial charge in [-0.15, -0.1) is 0 Å². The fraction of sp³-hybridized carbons (Fsp3) is 0.467. The lowest BCUT2D eigenvalue weighted by atomic mass is 10.1. The van der Waals surface area contributed by atoms with Gasteiger partial charge in [-0.05, 0) is 36.8 Å². The van der Waals surface area contributed by atoms with Gasteiger partial charge in [-0.2, -0.15) is 5.10 Å². The summed E-state index contributed by atoms with van der Waals surface area (Å²) in [5.41, 5.74) is 4.66. The lowest BCUT2D eigenvalue weighted by Gasteiger charge is -2.11. The maximum atomic E-state index is 5.31. The first-order valence-corrected chi connectivity index (χ1v) is 7.38. The summed E-state index contributed by atoms with van der Waals surface area (Å²) in [6.07, 6.45) is 0.753. The highest BCUT2D eigenvalue weighted by Gasteiger charge is 2.08. The average Bonchev–Trinajstić information content (AvgIpc) is 2.55. The van der Waals surface area contributed by atoms with E-state index in [4.69, 9.17) is 26.4 Å². The molecule has 0 aliphatic rings. The molecule has 7 heteroatoms. The highest BCUT2D eigenvalue weighted by molar-refractivity contribution is 7.80. The molecule has 0 radical (unpaired) electrons. The molecular formula is C15H23N3O3S. The first-order valence-electron chi connectivity index (χ1n) is 6.98. The number of nitrogens with one attached hydrogen (secondary N) is 2. The molecular weight excluding hydrogens is 302 g/mol. The van der Waals surface area contributed by atoms with Crippen LogP contribution in [0.15, 0.2) is 23.3 Å². The van der Waals surface area contributed by atoms with Crippen molar-refractivity contribution in [2.45, 2.75) is 13.3 Å². The van der Waals surface area contributed by atoms with Crippen molar-refractivity contribution in [3.8, 4) is 11.5 Å². The Bertz CT molecular complexity index is 521. The zero-order valence-electron chi connectivity index (χ0n) is 13.4. The fourth-order valence-corrected chi connectivity index (χ4v) is 1.94. The largest absolute Gasteiger partial charge is 0.493 e. The van der Waals surface area contributed by atoms with E-state index in [1.807, 2.05) is 25.1 Å². The van der Waals surface area contributed by atoms with Crippen LogP contribution in [-0.2, 0) is 4.74 Å². The van der Waals surface area contributed by atoms with Gasteiger partial charge in [0.25, 0.3) is 0 Å². The second-order valence-corrected chi connectivity index (χ2v) is 4.75. The molecule has 0 spiro atoms. The Morgan fingerprint density at radius 3 is 2.50 bits per heavy atom. The monoisotopic (exact) mass is 325 g/mol. The van der Waals surface area contributed by atoms with Crippen LogP contribution in [0.3, 0.4) is 0 Å². The van der Waals surface area contributed by atoms with Crippen LogP contribution in [0.5, 0.6) is 11.5 Å². The van der Waals surface area contributed by atoms with Crippen LogP contribution in [0.2, 0.25) is 0 Å². The smallest absolute Gasteiger partial charge is 0.187 e. The van der Waals surface area contributed by atoms with Crippen LogP contribution in [0.25, 0.3) is 0 Å². The fourth-order valence-electron chi connectivity index (χ4n) is 1.79. The molecule has 1 rings (SSSR count). The maximum Gasteiger partial charge on any atom is 0.187 e. The van der Waals surface area contributed by atoms with Crippen LogP contribution < -0.4 is 20.2 Å². The van der Waals surface area contributed by atoms with Crippen LogP contribution in [-0.4, -0.2) is 45.3 Å². The summed E-state index contributed by atoms with van der Waals surface area (Å²) in [6, 6.07) is 5.69. The van der Waals surface area contributed by atoms with Gasteiger partial charge in [-0.3, -0.25) is 5.43 Å². The zero-order chi connectivity index (χ0) is 16.4.